The van der Waals surface area contributed by atoms with Crippen molar-refractivity contribution in [2.24, 2.45) is 0 Å². The van der Waals surface area contributed by atoms with E-state index in [-0.39, 0.29) is 11.5 Å². The first-order valence-corrected chi connectivity index (χ1v) is 5.85. The van der Waals surface area contributed by atoms with Gasteiger partial charge in [0.2, 0.25) is 0 Å². The van der Waals surface area contributed by atoms with Crippen molar-refractivity contribution in [3.63, 3.8) is 0 Å². The van der Waals surface area contributed by atoms with Gasteiger partial charge in [0.25, 0.3) is 0 Å². The van der Waals surface area contributed by atoms with E-state index >= 15 is 0 Å². The average Bonchev–Trinajstić information content (AvgIpc) is 1.87. The van der Waals surface area contributed by atoms with Gasteiger partial charge in [-0.15, -0.1) is 5.76 Å². The molecule has 0 aliphatic carbocycles. The predicted molar refractivity (Wildman–Crippen MR) is 51.2 cm³/mol. The molecule has 2 nitrogen and oxygen atoms in total. The molecule has 0 heterocycles. The number of hydrogen-bond acceptors (Lipinski definition) is 2. The summed E-state index contributed by atoms with van der Waals surface area (Å²) in [6.45, 7) is 7.19. The molecule has 0 radical (unpaired) electrons. The molecule has 0 spiro atoms. The average molecular weight is 184 g/mol. The molecule has 0 saturated carbocycles. The summed E-state index contributed by atoms with van der Waals surface area (Å²) < 4.78 is 0. The van der Waals surface area contributed by atoms with E-state index < -0.39 is 0 Å². The van der Waals surface area contributed by atoms with Crippen molar-refractivity contribution in [1.29, 1.82) is 0 Å². The number of carbonyl (C=O) groups excluding carboxylic acids is 1. The Morgan fingerprint density at radius 1 is 1.33 bits per heavy atom. The topological polar surface area (TPSA) is 40.1 Å². The zero-order valence-corrected chi connectivity index (χ0v) is 9.54. The molecule has 0 aromatic heterocycles. The molecule has 0 atom stereocenters. The Balaban J connectivity index is 0. The van der Waals surface area contributed by atoms with Gasteiger partial charge < -0.3 is 5.11 Å². The number of allylic oxidation sites excluding steroid dienone is 2. The van der Waals surface area contributed by atoms with Crippen LogP contribution in [0, 0.1) is 0 Å². The number of carbonyl (C=O) groups is 1. The van der Waals surface area contributed by atoms with Gasteiger partial charge in [-0.3, -0.25) is 4.79 Å². The first kappa shape index (κ1) is 14.3. The van der Waals surface area contributed by atoms with Crippen LogP contribution >= 0.6 is 0 Å². The van der Waals surface area contributed by atoms with Crippen LogP contribution in [-0.4, -0.2) is 21.0 Å². The SMILES string of the molecule is CC(=O)/C=C(/C)[O-].C[CH2][Al+][CH2]C. The zero-order valence-electron chi connectivity index (χ0n) is 8.39. The van der Waals surface area contributed by atoms with E-state index in [1.54, 1.807) is 0 Å². The van der Waals surface area contributed by atoms with Crippen LogP contribution in [0.15, 0.2) is 11.8 Å². The van der Waals surface area contributed by atoms with E-state index in [2.05, 4.69) is 13.8 Å². The van der Waals surface area contributed by atoms with Gasteiger partial charge in [-0.05, 0) is 13.0 Å². The quantitative estimate of drug-likeness (QED) is 0.378. The fraction of sp³-hybridized carbons (Fsp3) is 0.667. The molecular formula is C9H17AlO2. The van der Waals surface area contributed by atoms with Crippen molar-refractivity contribution in [2.45, 2.75) is 38.3 Å². The molecule has 0 unspecified atom stereocenters. The molecule has 12 heavy (non-hydrogen) atoms. The molecule has 0 saturated heterocycles. The summed E-state index contributed by atoms with van der Waals surface area (Å²) in [6, 6.07) is 0. The zero-order chi connectivity index (χ0) is 9.98. The molecule has 0 aliphatic heterocycles. The van der Waals surface area contributed by atoms with Crippen molar-refractivity contribution >= 4 is 21.0 Å². The van der Waals surface area contributed by atoms with Crippen LogP contribution in [0.4, 0.5) is 0 Å². The van der Waals surface area contributed by atoms with Gasteiger partial charge in [0, 0.05) is 0 Å². The summed E-state index contributed by atoms with van der Waals surface area (Å²) in [4.78, 5) is 9.98. The van der Waals surface area contributed by atoms with Crippen molar-refractivity contribution < 1.29 is 9.90 Å². The molecule has 0 rings (SSSR count). The number of rotatable bonds is 3. The van der Waals surface area contributed by atoms with E-state index in [9.17, 15) is 9.90 Å². The Morgan fingerprint density at radius 3 is 1.75 bits per heavy atom. The first-order chi connectivity index (χ1) is 5.54. The van der Waals surface area contributed by atoms with E-state index in [0.29, 0.717) is 0 Å². The maximum atomic E-state index is 9.98. The van der Waals surface area contributed by atoms with Gasteiger partial charge in [-0.2, -0.15) is 0 Å². The third-order valence-electron chi connectivity index (χ3n) is 0.984. The molecule has 0 aromatic carbocycles. The molecule has 68 valence electrons. The molecule has 0 amide bonds. The second-order valence-corrected chi connectivity index (χ2v) is 4.68. The second-order valence-electron chi connectivity index (χ2n) is 2.47. The third-order valence-corrected chi connectivity index (χ3v) is 2.14. The maximum absolute atomic E-state index is 9.98. The van der Waals surface area contributed by atoms with Gasteiger partial charge in [0.05, 0.1) is 0 Å². The molecular weight excluding hydrogens is 167 g/mol. The predicted octanol–water partition coefficient (Wildman–Crippen LogP) is 1.41. The van der Waals surface area contributed by atoms with Gasteiger partial charge >= 0.3 is 39.6 Å². The molecule has 0 aliphatic rings. The van der Waals surface area contributed by atoms with Gasteiger partial charge in [-0.25, -0.2) is 0 Å². The summed E-state index contributed by atoms with van der Waals surface area (Å²) in [7, 11) is 0. The van der Waals surface area contributed by atoms with Gasteiger partial charge in [0.15, 0.2) is 5.78 Å². The summed E-state index contributed by atoms with van der Waals surface area (Å²) >= 11 is 0.815. The van der Waals surface area contributed by atoms with Crippen LogP contribution in [-0.2, 0) is 4.79 Å². The van der Waals surface area contributed by atoms with Crippen molar-refractivity contribution in [2.75, 3.05) is 0 Å². The summed E-state index contributed by atoms with van der Waals surface area (Å²) in [5.41, 5.74) is 0. The van der Waals surface area contributed by atoms with E-state index in [4.69, 9.17) is 0 Å². The van der Waals surface area contributed by atoms with E-state index in [1.165, 1.54) is 24.4 Å². The Bertz CT molecular complexity index is 135. The van der Waals surface area contributed by atoms with Crippen molar-refractivity contribution in [3.8, 4) is 0 Å². The van der Waals surface area contributed by atoms with Crippen LogP contribution in [0.25, 0.3) is 0 Å². The minimum atomic E-state index is -0.187. The normalized spacial score (nSPS) is 9.50. The Morgan fingerprint density at radius 2 is 1.75 bits per heavy atom. The van der Waals surface area contributed by atoms with Crippen LogP contribution in [0.1, 0.15) is 27.7 Å². The summed E-state index contributed by atoms with van der Waals surface area (Å²) in [6.07, 6.45) is 1.06. The molecule has 0 bridgehead atoms. The molecule has 0 fully saturated rings. The van der Waals surface area contributed by atoms with Gasteiger partial charge in [0.1, 0.15) is 0 Å². The van der Waals surface area contributed by atoms with Gasteiger partial charge in [-0.1, -0.05) is 6.92 Å². The van der Waals surface area contributed by atoms with Crippen LogP contribution in [0.3, 0.4) is 0 Å². The summed E-state index contributed by atoms with van der Waals surface area (Å²) in [5.74, 6) is -0.375. The number of hydrogen-bond donors (Lipinski definition) is 0. The first-order valence-electron chi connectivity index (χ1n) is 4.22. The third kappa shape index (κ3) is 22.6. The summed E-state index contributed by atoms with van der Waals surface area (Å²) in [5, 5.41) is 12.8. The van der Waals surface area contributed by atoms with Crippen LogP contribution in [0.5, 0.6) is 0 Å². The van der Waals surface area contributed by atoms with E-state index in [0.717, 1.165) is 21.3 Å². The number of ketones is 1. The van der Waals surface area contributed by atoms with Crippen LogP contribution in [0.2, 0.25) is 10.6 Å². The fourth-order valence-corrected chi connectivity index (χ4v) is 1.15. The van der Waals surface area contributed by atoms with E-state index in [1.807, 2.05) is 0 Å². The second kappa shape index (κ2) is 10.7. The molecule has 0 aromatic rings. The van der Waals surface area contributed by atoms with Crippen molar-refractivity contribution in [1.82, 2.24) is 0 Å². The van der Waals surface area contributed by atoms with Crippen LogP contribution < -0.4 is 5.11 Å². The van der Waals surface area contributed by atoms with Crippen molar-refractivity contribution in [3.05, 3.63) is 11.8 Å². The monoisotopic (exact) mass is 184 g/mol. The molecule has 3 heteroatoms. The Kier molecular flexibility index (Phi) is 12.8. The Hall–Kier alpha value is -0.258. The standard InChI is InChI=1S/C5H8O2.2C2H5.Al/c1-4(6)3-5(2)7;2*1-2;/h3,6H,1-2H3;2*1H2,2H3;/q;;;+1/p-1/b4-3-;;;. The molecule has 0 N–H and O–H groups in total. The Labute approximate surface area is 81.4 Å². The fourth-order valence-electron chi connectivity index (χ4n) is 0.575. The minimum absolute atomic E-state index is 0.187.